The van der Waals surface area contributed by atoms with E-state index < -0.39 is 0 Å². The van der Waals surface area contributed by atoms with Gasteiger partial charge in [0, 0.05) is 30.4 Å². The van der Waals surface area contributed by atoms with Crippen molar-refractivity contribution in [2.24, 2.45) is 5.92 Å². The first-order valence-electron chi connectivity index (χ1n) is 8.02. The van der Waals surface area contributed by atoms with E-state index in [4.69, 9.17) is 0 Å². The quantitative estimate of drug-likeness (QED) is 0.811. The van der Waals surface area contributed by atoms with E-state index in [0.717, 1.165) is 36.3 Å². The molecule has 0 saturated carbocycles. The summed E-state index contributed by atoms with van der Waals surface area (Å²) >= 11 is 0. The number of aryl methyl sites for hydroxylation is 1. The minimum Gasteiger partial charge on any atom is -0.385 e. The molecule has 0 fully saturated rings. The second kappa shape index (κ2) is 8.06. The Morgan fingerprint density at radius 1 is 1.24 bits per heavy atom. The third kappa shape index (κ3) is 5.07. The maximum absolute atomic E-state index is 12.7. The van der Waals surface area contributed by atoms with Crippen LogP contribution in [-0.2, 0) is 0 Å². The van der Waals surface area contributed by atoms with Gasteiger partial charge in [-0.2, -0.15) is 0 Å². The minimum atomic E-state index is 0.129. The van der Waals surface area contributed by atoms with Gasteiger partial charge in [0.25, 0.3) is 5.91 Å². The molecule has 0 spiro atoms. The van der Waals surface area contributed by atoms with Gasteiger partial charge < -0.3 is 10.2 Å². The zero-order chi connectivity index (χ0) is 16.0. The van der Waals surface area contributed by atoms with Gasteiger partial charge >= 0.3 is 0 Å². The number of hydrogen-bond acceptors (Lipinski definition) is 2. The van der Waals surface area contributed by atoms with E-state index in [1.54, 1.807) is 0 Å². The number of hydrogen-bond donors (Lipinski definition) is 1. The molecule has 1 rings (SSSR count). The van der Waals surface area contributed by atoms with Gasteiger partial charge in [-0.25, -0.2) is 0 Å². The van der Waals surface area contributed by atoms with Crippen LogP contribution < -0.4 is 5.32 Å². The number of benzene rings is 1. The molecule has 1 N–H and O–H groups in total. The predicted octanol–water partition coefficient (Wildman–Crippen LogP) is 4.32. The Balaban J connectivity index is 2.93. The monoisotopic (exact) mass is 290 g/mol. The van der Waals surface area contributed by atoms with Crippen molar-refractivity contribution in [2.45, 2.75) is 54.0 Å². The van der Waals surface area contributed by atoms with Crippen molar-refractivity contribution >= 4 is 11.6 Å². The molecule has 1 aromatic carbocycles. The van der Waals surface area contributed by atoms with Gasteiger partial charge in [0.1, 0.15) is 0 Å². The van der Waals surface area contributed by atoms with Gasteiger partial charge in [-0.1, -0.05) is 20.8 Å². The van der Waals surface area contributed by atoms with Crippen molar-refractivity contribution < 1.29 is 4.79 Å². The van der Waals surface area contributed by atoms with Gasteiger partial charge in [0.15, 0.2) is 0 Å². The van der Waals surface area contributed by atoms with Crippen molar-refractivity contribution in [2.75, 3.05) is 18.4 Å². The lowest BCUT2D eigenvalue weighted by Gasteiger charge is -2.29. The Morgan fingerprint density at radius 2 is 1.90 bits per heavy atom. The predicted molar refractivity (Wildman–Crippen MR) is 91.0 cm³/mol. The molecule has 0 aliphatic heterocycles. The first-order chi connectivity index (χ1) is 9.86. The maximum Gasteiger partial charge on any atom is 0.254 e. The van der Waals surface area contributed by atoms with Crippen molar-refractivity contribution in [3.05, 3.63) is 29.3 Å². The third-order valence-electron chi connectivity index (χ3n) is 3.48. The molecule has 21 heavy (non-hydrogen) atoms. The highest BCUT2D eigenvalue weighted by atomic mass is 16.2. The smallest absolute Gasteiger partial charge is 0.254 e. The maximum atomic E-state index is 12.7. The summed E-state index contributed by atoms with van der Waals surface area (Å²) in [6.45, 7) is 14.4. The molecule has 3 heteroatoms. The number of nitrogens with zero attached hydrogens (tertiary/aromatic N) is 1. The van der Waals surface area contributed by atoms with E-state index in [1.165, 1.54) is 0 Å². The number of carbonyl (C=O) groups is 1. The zero-order valence-corrected chi connectivity index (χ0v) is 14.4. The van der Waals surface area contributed by atoms with E-state index in [1.807, 2.05) is 23.1 Å². The molecule has 0 unspecified atom stereocenters. The Bertz CT molecular complexity index is 466. The highest BCUT2D eigenvalue weighted by Crippen LogP contribution is 2.19. The van der Waals surface area contributed by atoms with Crippen LogP contribution >= 0.6 is 0 Å². The lowest BCUT2D eigenvalue weighted by atomic mass is 10.1. The molecule has 0 aliphatic carbocycles. The largest absolute Gasteiger partial charge is 0.385 e. The first kappa shape index (κ1) is 17.5. The first-order valence-corrected chi connectivity index (χ1v) is 8.02. The van der Waals surface area contributed by atoms with Crippen LogP contribution in [-0.4, -0.2) is 29.9 Å². The van der Waals surface area contributed by atoms with Gasteiger partial charge in [0.05, 0.1) is 0 Å². The average molecular weight is 290 g/mol. The fourth-order valence-electron chi connectivity index (χ4n) is 2.34. The highest BCUT2D eigenvalue weighted by Gasteiger charge is 2.20. The zero-order valence-electron chi connectivity index (χ0n) is 14.4. The average Bonchev–Trinajstić information content (AvgIpc) is 2.42. The second-order valence-electron chi connectivity index (χ2n) is 6.40. The SMILES string of the molecule is CCCNc1ccc(C(=O)N(CC(C)C)C(C)C)cc1C. The van der Waals surface area contributed by atoms with Crippen LogP contribution in [0.15, 0.2) is 18.2 Å². The molecule has 0 aromatic heterocycles. The van der Waals surface area contributed by atoms with E-state index in [0.29, 0.717) is 5.92 Å². The number of amides is 1. The van der Waals surface area contributed by atoms with Gasteiger partial charge in [-0.05, 0) is 56.9 Å². The Hall–Kier alpha value is -1.51. The highest BCUT2D eigenvalue weighted by molar-refractivity contribution is 5.95. The summed E-state index contributed by atoms with van der Waals surface area (Å²) in [6.07, 6.45) is 1.09. The molecule has 1 aromatic rings. The van der Waals surface area contributed by atoms with Crippen LogP contribution in [0.2, 0.25) is 0 Å². The third-order valence-corrected chi connectivity index (χ3v) is 3.48. The van der Waals surface area contributed by atoms with E-state index >= 15 is 0 Å². The molecule has 0 atom stereocenters. The molecular weight excluding hydrogens is 260 g/mol. The van der Waals surface area contributed by atoms with Crippen LogP contribution in [0.25, 0.3) is 0 Å². The summed E-state index contributed by atoms with van der Waals surface area (Å²) in [7, 11) is 0. The van der Waals surface area contributed by atoms with Crippen molar-refractivity contribution in [1.82, 2.24) is 4.90 Å². The summed E-state index contributed by atoms with van der Waals surface area (Å²) < 4.78 is 0. The van der Waals surface area contributed by atoms with Crippen LogP contribution in [0.1, 0.15) is 57.0 Å². The summed E-state index contributed by atoms with van der Waals surface area (Å²) in [5.41, 5.74) is 3.03. The van der Waals surface area contributed by atoms with Crippen LogP contribution in [0.5, 0.6) is 0 Å². The fourth-order valence-corrected chi connectivity index (χ4v) is 2.34. The minimum absolute atomic E-state index is 0.129. The summed E-state index contributed by atoms with van der Waals surface area (Å²) in [5, 5.41) is 3.39. The van der Waals surface area contributed by atoms with Gasteiger partial charge in [-0.15, -0.1) is 0 Å². The Kier molecular flexibility index (Phi) is 6.73. The van der Waals surface area contributed by atoms with Crippen LogP contribution in [0.4, 0.5) is 5.69 Å². The molecule has 0 saturated heterocycles. The summed E-state index contributed by atoms with van der Waals surface area (Å²) in [4.78, 5) is 14.7. The number of rotatable bonds is 7. The van der Waals surface area contributed by atoms with Gasteiger partial charge in [0.2, 0.25) is 0 Å². The topological polar surface area (TPSA) is 32.3 Å². The van der Waals surface area contributed by atoms with Crippen LogP contribution in [0, 0.1) is 12.8 Å². The summed E-state index contributed by atoms with van der Waals surface area (Å²) in [6, 6.07) is 6.17. The number of anilines is 1. The normalized spacial score (nSPS) is 11.0. The lowest BCUT2D eigenvalue weighted by molar-refractivity contribution is 0.0682. The number of nitrogens with one attached hydrogen (secondary N) is 1. The Morgan fingerprint density at radius 3 is 2.38 bits per heavy atom. The molecule has 0 heterocycles. The van der Waals surface area contributed by atoms with Crippen molar-refractivity contribution in [3.63, 3.8) is 0 Å². The molecule has 0 radical (unpaired) electrons. The molecule has 3 nitrogen and oxygen atoms in total. The van der Waals surface area contributed by atoms with Gasteiger partial charge in [-0.3, -0.25) is 4.79 Å². The van der Waals surface area contributed by atoms with Crippen molar-refractivity contribution in [1.29, 1.82) is 0 Å². The van der Waals surface area contributed by atoms with Crippen molar-refractivity contribution in [3.8, 4) is 0 Å². The van der Waals surface area contributed by atoms with E-state index in [-0.39, 0.29) is 11.9 Å². The summed E-state index contributed by atoms with van der Waals surface area (Å²) in [5.74, 6) is 0.604. The van der Waals surface area contributed by atoms with E-state index in [9.17, 15) is 4.79 Å². The Labute approximate surface area is 129 Å². The molecule has 1 amide bonds. The molecule has 118 valence electrons. The van der Waals surface area contributed by atoms with Crippen LogP contribution in [0.3, 0.4) is 0 Å². The van der Waals surface area contributed by atoms with E-state index in [2.05, 4.69) is 46.9 Å². The molecular formula is C18H30N2O. The fraction of sp³-hybridized carbons (Fsp3) is 0.611. The molecule has 0 aliphatic rings. The lowest BCUT2D eigenvalue weighted by Crippen LogP contribution is -2.39. The number of carbonyl (C=O) groups excluding carboxylic acids is 1. The standard InChI is InChI=1S/C18H30N2O/c1-7-10-19-17-9-8-16(11-15(17)6)18(21)20(14(4)5)12-13(2)3/h8-9,11,13-14,19H,7,10,12H2,1-6H3. The second-order valence-corrected chi connectivity index (χ2v) is 6.40. The molecule has 0 bridgehead atoms.